The first-order valence-corrected chi connectivity index (χ1v) is 10.1. The fourth-order valence-corrected chi connectivity index (χ4v) is 2.81. The Balaban J connectivity index is 2.48. The average Bonchev–Trinajstić information content (AvgIpc) is 2.62. The molecule has 26 heavy (non-hydrogen) atoms. The zero-order valence-corrected chi connectivity index (χ0v) is 16.8. The predicted molar refractivity (Wildman–Crippen MR) is 106 cm³/mol. The maximum Gasteiger partial charge on any atom is 0.270 e. The number of nitrogens with zero attached hydrogens (tertiary/aromatic N) is 1. The van der Waals surface area contributed by atoms with Crippen molar-refractivity contribution >= 4 is 11.8 Å². The van der Waals surface area contributed by atoms with Gasteiger partial charge in [0.15, 0.2) is 0 Å². The van der Waals surface area contributed by atoms with E-state index in [1.165, 1.54) is 31.9 Å². The van der Waals surface area contributed by atoms with Gasteiger partial charge in [0.1, 0.15) is 5.69 Å². The minimum atomic E-state index is -0.186. The van der Waals surface area contributed by atoms with E-state index >= 15 is 0 Å². The Morgan fingerprint density at radius 1 is 0.885 bits per heavy atom. The van der Waals surface area contributed by atoms with Gasteiger partial charge in [0.05, 0.1) is 5.56 Å². The smallest absolute Gasteiger partial charge is 0.270 e. The Kier molecular flexibility index (Phi) is 10.6. The zero-order chi connectivity index (χ0) is 19.4. The van der Waals surface area contributed by atoms with Crippen LogP contribution in [0.15, 0.2) is 18.3 Å². The van der Waals surface area contributed by atoms with E-state index in [2.05, 4.69) is 29.5 Å². The van der Waals surface area contributed by atoms with Gasteiger partial charge in [-0.1, -0.05) is 52.4 Å². The molecule has 2 amide bonds. The summed E-state index contributed by atoms with van der Waals surface area (Å²) in [6.45, 7) is 8.35. The summed E-state index contributed by atoms with van der Waals surface area (Å²) < 4.78 is 0. The molecule has 0 saturated carbocycles. The van der Waals surface area contributed by atoms with Gasteiger partial charge in [-0.3, -0.25) is 14.6 Å². The van der Waals surface area contributed by atoms with Crippen molar-refractivity contribution in [1.29, 1.82) is 0 Å². The van der Waals surface area contributed by atoms with Gasteiger partial charge < -0.3 is 10.6 Å². The van der Waals surface area contributed by atoms with E-state index in [1.807, 2.05) is 13.8 Å². The van der Waals surface area contributed by atoms with E-state index in [4.69, 9.17) is 0 Å². The van der Waals surface area contributed by atoms with Crippen molar-refractivity contribution in [2.24, 2.45) is 0 Å². The Morgan fingerprint density at radius 3 is 1.88 bits per heavy atom. The molecule has 0 aliphatic rings. The highest BCUT2D eigenvalue weighted by molar-refractivity contribution is 5.96. The first-order chi connectivity index (χ1) is 12.5. The van der Waals surface area contributed by atoms with Crippen LogP contribution in [-0.4, -0.2) is 28.9 Å². The van der Waals surface area contributed by atoms with Gasteiger partial charge in [-0.2, -0.15) is 0 Å². The van der Waals surface area contributed by atoms with Crippen molar-refractivity contribution in [2.45, 2.75) is 91.1 Å². The lowest BCUT2D eigenvalue weighted by molar-refractivity contribution is 0.0921. The molecule has 5 heteroatoms. The second-order valence-corrected chi connectivity index (χ2v) is 7.17. The maximum absolute atomic E-state index is 12.2. The quantitative estimate of drug-likeness (QED) is 0.539. The number of pyridine rings is 1. The summed E-state index contributed by atoms with van der Waals surface area (Å²) >= 11 is 0. The topological polar surface area (TPSA) is 71.1 Å². The molecule has 1 aromatic heterocycles. The molecule has 146 valence electrons. The van der Waals surface area contributed by atoms with Crippen molar-refractivity contribution in [3.05, 3.63) is 29.6 Å². The van der Waals surface area contributed by atoms with Crippen molar-refractivity contribution in [3.8, 4) is 0 Å². The normalized spacial score (nSPS) is 13.1. The molecule has 0 radical (unpaired) electrons. The van der Waals surface area contributed by atoms with Gasteiger partial charge in [0, 0.05) is 18.3 Å². The largest absolute Gasteiger partial charge is 0.350 e. The van der Waals surface area contributed by atoms with Gasteiger partial charge in [0.2, 0.25) is 0 Å². The Hall–Kier alpha value is -1.91. The molecule has 2 N–H and O–H groups in total. The number of hydrogen-bond donors (Lipinski definition) is 2. The third kappa shape index (κ3) is 8.45. The maximum atomic E-state index is 12.2. The summed E-state index contributed by atoms with van der Waals surface area (Å²) in [5, 5.41) is 5.95. The molecular formula is C21H35N3O2. The summed E-state index contributed by atoms with van der Waals surface area (Å²) in [7, 11) is 0. The zero-order valence-electron chi connectivity index (χ0n) is 16.8. The number of unbranched alkanes of at least 4 members (excludes halogenated alkanes) is 4. The molecule has 0 aliphatic heterocycles. The van der Waals surface area contributed by atoms with Crippen LogP contribution in [-0.2, 0) is 0 Å². The van der Waals surface area contributed by atoms with E-state index in [0.717, 1.165) is 25.7 Å². The van der Waals surface area contributed by atoms with Crippen LogP contribution in [0.4, 0.5) is 0 Å². The van der Waals surface area contributed by atoms with Crippen molar-refractivity contribution in [2.75, 3.05) is 0 Å². The third-order valence-electron chi connectivity index (χ3n) is 4.49. The van der Waals surface area contributed by atoms with Crippen molar-refractivity contribution < 1.29 is 9.59 Å². The van der Waals surface area contributed by atoms with E-state index in [9.17, 15) is 9.59 Å². The van der Waals surface area contributed by atoms with Crippen LogP contribution >= 0.6 is 0 Å². The predicted octanol–water partition coefficient (Wildman–Crippen LogP) is 4.48. The number of rotatable bonds is 12. The van der Waals surface area contributed by atoms with Crippen molar-refractivity contribution in [1.82, 2.24) is 15.6 Å². The summed E-state index contributed by atoms with van der Waals surface area (Å²) in [5.41, 5.74) is 0.833. The minimum absolute atomic E-state index is 0.128. The SMILES string of the molecule is CCCCCC(C)NC(=O)c1ccc(C(=O)NC(C)CCCCC)nc1. The summed E-state index contributed by atoms with van der Waals surface area (Å²) in [4.78, 5) is 28.6. The highest BCUT2D eigenvalue weighted by Crippen LogP contribution is 2.07. The molecule has 0 aliphatic carbocycles. The van der Waals surface area contributed by atoms with Gasteiger partial charge in [0.25, 0.3) is 11.8 Å². The third-order valence-corrected chi connectivity index (χ3v) is 4.49. The Labute approximate surface area is 158 Å². The number of hydrogen-bond acceptors (Lipinski definition) is 3. The van der Waals surface area contributed by atoms with Crippen LogP contribution < -0.4 is 10.6 Å². The molecule has 0 spiro atoms. The standard InChI is InChI=1S/C21H35N3O2/c1-5-7-9-11-16(3)23-20(25)18-13-14-19(22-15-18)21(26)24-17(4)12-10-8-6-2/h13-17H,5-12H2,1-4H3,(H,23,25)(H,24,26). The molecule has 2 unspecified atom stereocenters. The van der Waals surface area contributed by atoms with E-state index in [-0.39, 0.29) is 23.9 Å². The van der Waals surface area contributed by atoms with Crippen molar-refractivity contribution in [3.63, 3.8) is 0 Å². The summed E-state index contributed by atoms with van der Waals surface area (Å²) in [6.07, 6.45) is 10.4. The second-order valence-electron chi connectivity index (χ2n) is 7.17. The molecule has 0 fully saturated rings. The van der Waals surface area contributed by atoms with E-state index in [1.54, 1.807) is 12.1 Å². The van der Waals surface area contributed by atoms with Gasteiger partial charge >= 0.3 is 0 Å². The average molecular weight is 362 g/mol. The summed E-state index contributed by atoms with van der Waals surface area (Å²) in [5.74, 6) is -0.324. The number of aromatic nitrogens is 1. The first kappa shape index (κ1) is 22.1. The van der Waals surface area contributed by atoms with Crippen LogP contribution in [0.2, 0.25) is 0 Å². The lowest BCUT2D eigenvalue weighted by Gasteiger charge is -2.14. The van der Waals surface area contributed by atoms with Gasteiger partial charge in [-0.15, -0.1) is 0 Å². The van der Waals surface area contributed by atoms with Crippen LogP contribution in [0, 0.1) is 0 Å². The molecule has 5 nitrogen and oxygen atoms in total. The molecule has 0 bridgehead atoms. The Bertz CT molecular complexity index is 494. The van der Waals surface area contributed by atoms with Crippen LogP contribution in [0.1, 0.15) is 99.9 Å². The Morgan fingerprint density at radius 2 is 1.42 bits per heavy atom. The van der Waals surface area contributed by atoms with E-state index < -0.39 is 0 Å². The highest BCUT2D eigenvalue weighted by Gasteiger charge is 2.14. The van der Waals surface area contributed by atoms with E-state index in [0.29, 0.717) is 11.3 Å². The molecule has 0 aromatic carbocycles. The number of amides is 2. The molecule has 0 saturated heterocycles. The lowest BCUT2D eigenvalue weighted by atomic mass is 10.1. The fourth-order valence-electron chi connectivity index (χ4n) is 2.81. The monoisotopic (exact) mass is 361 g/mol. The number of nitrogens with one attached hydrogen (secondary N) is 2. The number of carbonyl (C=O) groups excluding carboxylic acids is 2. The van der Waals surface area contributed by atoms with Crippen LogP contribution in [0.25, 0.3) is 0 Å². The molecule has 1 aromatic rings. The van der Waals surface area contributed by atoms with Crippen LogP contribution in [0.5, 0.6) is 0 Å². The first-order valence-electron chi connectivity index (χ1n) is 10.1. The van der Waals surface area contributed by atoms with Gasteiger partial charge in [-0.25, -0.2) is 0 Å². The molecular weight excluding hydrogens is 326 g/mol. The van der Waals surface area contributed by atoms with Gasteiger partial charge in [-0.05, 0) is 38.8 Å². The number of carbonyl (C=O) groups is 2. The molecule has 2 atom stereocenters. The lowest BCUT2D eigenvalue weighted by Crippen LogP contribution is -2.34. The molecule has 1 rings (SSSR count). The van der Waals surface area contributed by atoms with Crippen LogP contribution in [0.3, 0.4) is 0 Å². The minimum Gasteiger partial charge on any atom is -0.350 e. The molecule has 1 heterocycles. The fraction of sp³-hybridized carbons (Fsp3) is 0.667. The second kappa shape index (κ2) is 12.4. The summed E-state index contributed by atoms with van der Waals surface area (Å²) in [6, 6.07) is 3.55. The highest BCUT2D eigenvalue weighted by atomic mass is 16.2.